The Labute approximate surface area is 72.6 Å². The SMILES string of the molecule is CC(C)CCN1N=NC(=O)C1C. The molecule has 0 fully saturated rings. The molecule has 0 aromatic carbocycles. The van der Waals surface area contributed by atoms with E-state index in [-0.39, 0.29) is 11.9 Å². The lowest BCUT2D eigenvalue weighted by atomic mass is 10.1. The summed E-state index contributed by atoms with van der Waals surface area (Å²) >= 11 is 0. The van der Waals surface area contributed by atoms with Crippen LogP contribution in [0.5, 0.6) is 0 Å². The highest BCUT2D eigenvalue weighted by molar-refractivity contribution is 5.82. The Morgan fingerprint density at radius 3 is 2.67 bits per heavy atom. The zero-order chi connectivity index (χ0) is 9.14. The summed E-state index contributed by atoms with van der Waals surface area (Å²) in [5, 5.41) is 9.02. The van der Waals surface area contributed by atoms with Gasteiger partial charge in [0, 0.05) is 6.54 Å². The first-order valence-corrected chi connectivity index (χ1v) is 4.33. The first-order chi connectivity index (χ1) is 5.61. The van der Waals surface area contributed by atoms with Crippen molar-refractivity contribution in [3.63, 3.8) is 0 Å². The fourth-order valence-electron chi connectivity index (χ4n) is 1.02. The average Bonchev–Trinajstić information content (AvgIpc) is 2.30. The first kappa shape index (κ1) is 9.16. The summed E-state index contributed by atoms with van der Waals surface area (Å²) < 4.78 is 0. The third kappa shape index (κ3) is 2.03. The van der Waals surface area contributed by atoms with Crippen LogP contribution in [0.4, 0.5) is 0 Å². The molecule has 1 rings (SSSR count). The minimum atomic E-state index is -0.149. The largest absolute Gasteiger partial charge is 0.290 e. The minimum Gasteiger partial charge on any atom is -0.268 e. The molecule has 0 aromatic heterocycles. The van der Waals surface area contributed by atoms with Crippen molar-refractivity contribution in [2.45, 2.75) is 33.2 Å². The van der Waals surface area contributed by atoms with Gasteiger partial charge in [-0.1, -0.05) is 24.2 Å². The second-order valence-electron chi connectivity index (χ2n) is 3.55. The van der Waals surface area contributed by atoms with Gasteiger partial charge >= 0.3 is 0 Å². The minimum absolute atomic E-state index is 0.126. The van der Waals surface area contributed by atoms with Crippen LogP contribution >= 0.6 is 0 Å². The predicted molar refractivity (Wildman–Crippen MR) is 45.5 cm³/mol. The van der Waals surface area contributed by atoms with Crippen molar-refractivity contribution in [3.8, 4) is 0 Å². The van der Waals surface area contributed by atoms with Crippen molar-refractivity contribution in [3.05, 3.63) is 0 Å². The van der Waals surface area contributed by atoms with E-state index in [9.17, 15) is 4.79 Å². The number of rotatable bonds is 3. The molecule has 12 heavy (non-hydrogen) atoms. The number of hydrogen-bond acceptors (Lipinski definition) is 3. The fraction of sp³-hybridized carbons (Fsp3) is 0.875. The molecule has 68 valence electrons. The molecular weight excluding hydrogens is 154 g/mol. The standard InChI is InChI=1S/C8H15N3O/c1-6(2)4-5-11-7(3)8(12)9-10-11/h6-7H,4-5H2,1-3H3. The van der Waals surface area contributed by atoms with Crippen molar-refractivity contribution >= 4 is 5.91 Å². The van der Waals surface area contributed by atoms with Gasteiger partial charge in [0.2, 0.25) is 0 Å². The van der Waals surface area contributed by atoms with E-state index < -0.39 is 0 Å². The summed E-state index contributed by atoms with van der Waals surface area (Å²) in [6, 6.07) is -0.149. The third-order valence-electron chi connectivity index (χ3n) is 2.00. The Bertz CT molecular complexity index is 200. The molecule has 0 bridgehead atoms. The second-order valence-corrected chi connectivity index (χ2v) is 3.55. The zero-order valence-electron chi connectivity index (χ0n) is 7.82. The molecule has 0 aromatic rings. The number of carbonyl (C=O) groups is 1. The summed E-state index contributed by atoms with van der Waals surface area (Å²) in [7, 11) is 0. The number of amides is 1. The molecule has 1 amide bonds. The molecule has 1 aliphatic rings. The lowest BCUT2D eigenvalue weighted by molar-refractivity contribution is -0.119. The molecule has 1 heterocycles. The molecule has 0 aliphatic carbocycles. The molecule has 0 spiro atoms. The Morgan fingerprint density at radius 1 is 1.58 bits per heavy atom. The number of carbonyl (C=O) groups excluding carboxylic acids is 1. The maximum atomic E-state index is 10.9. The quantitative estimate of drug-likeness (QED) is 0.644. The highest BCUT2D eigenvalue weighted by Gasteiger charge is 2.25. The lowest BCUT2D eigenvalue weighted by Crippen LogP contribution is -2.30. The van der Waals surface area contributed by atoms with Crippen molar-refractivity contribution in [2.75, 3.05) is 6.54 Å². The van der Waals surface area contributed by atoms with Crippen LogP contribution in [0.2, 0.25) is 0 Å². The van der Waals surface area contributed by atoms with Crippen molar-refractivity contribution in [1.82, 2.24) is 5.01 Å². The summed E-state index contributed by atoms with van der Waals surface area (Å²) in [5.41, 5.74) is 0. The van der Waals surface area contributed by atoms with Crippen LogP contribution in [0.25, 0.3) is 0 Å². The Morgan fingerprint density at radius 2 is 2.25 bits per heavy atom. The van der Waals surface area contributed by atoms with Gasteiger partial charge in [-0.15, -0.1) is 0 Å². The smallest absolute Gasteiger partial charge is 0.268 e. The fourth-order valence-corrected chi connectivity index (χ4v) is 1.02. The number of nitrogens with zero attached hydrogens (tertiary/aromatic N) is 3. The summed E-state index contributed by atoms with van der Waals surface area (Å²) in [6.45, 7) is 6.97. The van der Waals surface area contributed by atoms with Gasteiger partial charge in [-0.2, -0.15) is 0 Å². The maximum absolute atomic E-state index is 10.9. The van der Waals surface area contributed by atoms with Crippen molar-refractivity contribution < 1.29 is 4.79 Å². The highest BCUT2D eigenvalue weighted by Crippen LogP contribution is 2.13. The molecule has 4 heteroatoms. The van der Waals surface area contributed by atoms with Crippen LogP contribution in [-0.4, -0.2) is 23.5 Å². The molecule has 1 atom stereocenters. The molecule has 0 N–H and O–H groups in total. The van der Waals surface area contributed by atoms with E-state index in [1.807, 2.05) is 6.92 Å². The summed E-state index contributed by atoms with van der Waals surface area (Å²) in [5.74, 6) is 0.516. The Kier molecular flexibility index (Phi) is 2.78. The van der Waals surface area contributed by atoms with E-state index in [4.69, 9.17) is 0 Å². The van der Waals surface area contributed by atoms with E-state index in [1.165, 1.54) is 0 Å². The van der Waals surface area contributed by atoms with Gasteiger partial charge in [0.05, 0.1) is 0 Å². The Balaban J connectivity index is 2.35. The van der Waals surface area contributed by atoms with Crippen LogP contribution in [0.3, 0.4) is 0 Å². The molecule has 1 aliphatic heterocycles. The second kappa shape index (κ2) is 3.65. The Hall–Kier alpha value is -0.930. The molecule has 0 saturated carbocycles. The van der Waals surface area contributed by atoms with Crippen LogP contribution < -0.4 is 0 Å². The van der Waals surface area contributed by atoms with E-state index in [1.54, 1.807) is 5.01 Å². The molecule has 0 radical (unpaired) electrons. The lowest BCUT2D eigenvalue weighted by Gasteiger charge is -2.17. The molecule has 4 nitrogen and oxygen atoms in total. The van der Waals surface area contributed by atoms with Gasteiger partial charge in [-0.3, -0.25) is 9.80 Å². The summed E-state index contributed by atoms with van der Waals surface area (Å²) in [6.07, 6.45) is 1.05. The molecule has 0 saturated heterocycles. The van der Waals surface area contributed by atoms with Gasteiger partial charge in [0.25, 0.3) is 5.91 Å². The van der Waals surface area contributed by atoms with Crippen LogP contribution in [0.15, 0.2) is 10.3 Å². The van der Waals surface area contributed by atoms with Gasteiger partial charge in [-0.05, 0) is 19.3 Å². The van der Waals surface area contributed by atoms with Crippen LogP contribution in [0.1, 0.15) is 27.2 Å². The monoisotopic (exact) mass is 169 g/mol. The molecular formula is C8H15N3O. The first-order valence-electron chi connectivity index (χ1n) is 4.33. The van der Waals surface area contributed by atoms with Gasteiger partial charge in [-0.25, -0.2) is 0 Å². The number of hydrogen-bond donors (Lipinski definition) is 0. The van der Waals surface area contributed by atoms with Gasteiger partial charge in [0.15, 0.2) is 0 Å². The molecule has 1 unspecified atom stereocenters. The third-order valence-corrected chi connectivity index (χ3v) is 2.00. The van der Waals surface area contributed by atoms with Crippen molar-refractivity contribution in [1.29, 1.82) is 0 Å². The van der Waals surface area contributed by atoms with Crippen LogP contribution in [-0.2, 0) is 4.79 Å². The maximum Gasteiger partial charge on any atom is 0.290 e. The topological polar surface area (TPSA) is 45.0 Å². The average molecular weight is 169 g/mol. The van der Waals surface area contributed by atoms with Gasteiger partial charge in [0.1, 0.15) is 6.04 Å². The van der Waals surface area contributed by atoms with Crippen molar-refractivity contribution in [2.24, 2.45) is 16.3 Å². The normalized spacial score (nSPS) is 22.8. The summed E-state index contributed by atoms with van der Waals surface area (Å²) in [4.78, 5) is 10.9. The van der Waals surface area contributed by atoms with Crippen LogP contribution in [0, 0.1) is 5.92 Å². The van der Waals surface area contributed by atoms with Gasteiger partial charge < -0.3 is 0 Å². The highest BCUT2D eigenvalue weighted by atomic mass is 16.2. The zero-order valence-corrected chi connectivity index (χ0v) is 7.82. The van der Waals surface area contributed by atoms with E-state index in [0.29, 0.717) is 5.92 Å². The van der Waals surface area contributed by atoms with E-state index >= 15 is 0 Å². The predicted octanol–water partition coefficient (Wildman–Crippen LogP) is 1.63. The van der Waals surface area contributed by atoms with E-state index in [0.717, 1.165) is 13.0 Å². The van der Waals surface area contributed by atoms with E-state index in [2.05, 4.69) is 24.2 Å².